The molecule has 113 valence electrons. The van der Waals surface area contributed by atoms with E-state index in [0.29, 0.717) is 12.8 Å². The van der Waals surface area contributed by atoms with E-state index in [2.05, 4.69) is 4.89 Å². The maximum atomic E-state index is 12.2. The minimum absolute atomic E-state index is 0.278. The van der Waals surface area contributed by atoms with Crippen molar-refractivity contribution in [2.45, 2.75) is 84.0 Å². The van der Waals surface area contributed by atoms with Crippen LogP contribution in [0.3, 0.4) is 0 Å². The summed E-state index contributed by atoms with van der Waals surface area (Å²) in [5.74, 6) is -0.635. The summed E-state index contributed by atoms with van der Waals surface area (Å²) >= 11 is 0. The summed E-state index contributed by atoms with van der Waals surface area (Å²) in [7, 11) is 0. The van der Waals surface area contributed by atoms with Crippen molar-refractivity contribution in [3.05, 3.63) is 0 Å². The second kappa shape index (κ2) is 7.82. The number of carbonyl (C=O) groups is 1. The van der Waals surface area contributed by atoms with Gasteiger partial charge < -0.3 is 9.84 Å². The number of rotatable bonds is 9. The van der Waals surface area contributed by atoms with Crippen molar-refractivity contribution in [3.63, 3.8) is 0 Å². The van der Waals surface area contributed by atoms with Crippen LogP contribution in [0.2, 0.25) is 0 Å². The summed E-state index contributed by atoms with van der Waals surface area (Å²) in [5.41, 5.74) is -2.23. The molecule has 1 N–H and O–H groups in total. The van der Waals surface area contributed by atoms with Crippen molar-refractivity contribution in [2.75, 3.05) is 0 Å². The minimum atomic E-state index is -1.41. The van der Waals surface area contributed by atoms with Gasteiger partial charge >= 0.3 is 5.97 Å². The molecule has 1 radical (unpaired) electrons. The zero-order valence-corrected chi connectivity index (χ0v) is 12.7. The standard InChI is InChI=1S/C14H27O5/c1-6-8-9-14(7-2,19-17)12(16)18-13(4,5)10-11(3)15/h11,15H,6-10H2,1-5H3. The fraction of sp³-hybridized carbons (Fsp3) is 0.929. The topological polar surface area (TPSA) is 75.7 Å². The molecular weight excluding hydrogens is 248 g/mol. The second-order valence-electron chi connectivity index (χ2n) is 5.74. The molecule has 2 atom stereocenters. The summed E-state index contributed by atoms with van der Waals surface area (Å²) in [6, 6.07) is 0. The van der Waals surface area contributed by atoms with Crippen LogP contribution in [-0.4, -0.2) is 28.4 Å². The molecule has 5 heteroatoms. The van der Waals surface area contributed by atoms with E-state index in [1.807, 2.05) is 6.92 Å². The van der Waals surface area contributed by atoms with Gasteiger partial charge in [-0.25, -0.2) is 4.79 Å². The molecule has 5 nitrogen and oxygen atoms in total. The third kappa shape index (κ3) is 5.89. The van der Waals surface area contributed by atoms with Crippen LogP contribution in [0, 0.1) is 0 Å². The van der Waals surface area contributed by atoms with E-state index in [4.69, 9.17) is 4.74 Å². The van der Waals surface area contributed by atoms with Crippen LogP contribution in [0.5, 0.6) is 0 Å². The Morgan fingerprint density at radius 1 is 1.32 bits per heavy atom. The number of aliphatic hydroxyl groups is 1. The summed E-state index contributed by atoms with van der Waals surface area (Å²) < 4.78 is 5.37. The average molecular weight is 275 g/mol. The van der Waals surface area contributed by atoms with Crippen molar-refractivity contribution in [1.82, 2.24) is 0 Å². The highest BCUT2D eigenvalue weighted by molar-refractivity contribution is 5.79. The highest BCUT2D eigenvalue weighted by Crippen LogP contribution is 2.28. The van der Waals surface area contributed by atoms with Crippen LogP contribution in [-0.2, 0) is 19.7 Å². The van der Waals surface area contributed by atoms with Gasteiger partial charge in [0.15, 0.2) is 0 Å². The zero-order valence-electron chi connectivity index (χ0n) is 12.7. The van der Waals surface area contributed by atoms with Crippen LogP contribution >= 0.6 is 0 Å². The van der Waals surface area contributed by atoms with E-state index in [1.54, 1.807) is 27.7 Å². The maximum absolute atomic E-state index is 12.2. The van der Waals surface area contributed by atoms with Crippen molar-refractivity contribution in [1.29, 1.82) is 0 Å². The Kier molecular flexibility index (Phi) is 7.55. The number of esters is 1. The van der Waals surface area contributed by atoms with Crippen molar-refractivity contribution < 1.29 is 24.8 Å². The SMILES string of the molecule is CCCCC(CC)(O[O])C(=O)OC(C)(C)CC(C)O. The second-order valence-corrected chi connectivity index (χ2v) is 5.74. The fourth-order valence-corrected chi connectivity index (χ4v) is 2.12. The largest absolute Gasteiger partial charge is 0.457 e. The summed E-state index contributed by atoms with van der Waals surface area (Å²) in [6.07, 6.45) is 1.96. The Morgan fingerprint density at radius 2 is 1.89 bits per heavy atom. The van der Waals surface area contributed by atoms with Crippen molar-refractivity contribution in [3.8, 4) is 0 Å². The predicted octanol–water partition coefficient (Wildman–Crippen LogP) is 2.78. The molecule has 0 bridgehead atoms. The van der Waals surface area contributed by atoms with E-state index in [1.165, 1.54) is 0 Å². The van der Waals surface area contributed by atoms with Crippen molar-refractivity contribution >= 4 is 5.97 Å². The van der Waals surface area contributed by atoms with E-state index in [9.17, 15) is 15.2 Å². The van der Waals surface area contributed by atoms with Gasteiger partial charge in [-0.15, -0.1) is 0 Å². The molecule has 0 saturated heterocycles. The quantitative estimate of drug-likeness (QED) is 0.399. The number of aliphatic hydroxyl groups excluding tert-OH is 1. The maximum Gasteiger partial charge on any atom is 0.342 e. The molecule has 0 amide bonds. The molecule has 0 rings (SSSR count). The van der Waals surface area contributed by atoms with Crippen LogP contribution in [0.1, 0.15) is 66.7 Å². The Labute approximate surface area is 115 Å². The first kappa shape index (κ1) is 18.4. The highest BCUT2D eigenvalue weighted by atomic mass is 17.1. The Balaban J connectivity index is 4.81. The van der Waals surface area contributed by atoms with E-state index < -0.39 is 23.3 Å². The van der Waals surface area contributed by atoms with Gasteiger partial charge in [0.2, 0.25) is 5.60 Å². The molecule has 0 aliphatic carbocycles. The predicted molar refractivity (Wildman–Crippen MR) is 70.8 cm³/mol. The lowest BCUT2D eigenvalue weighted by Gasteiger charge is -2.32. The van der Waals surface area contributed by atoms with Gasteiger partial charge in [-0.05, 0) is 38.9 Å². The first-order valence-corrected chi connectivity index (χ1v) is 6.95. The number of ether oxygens (including phenoxy) is 1. The fourth-order valence-electron chi connectivity index (χ4n) is 2.12. The van der Waals surface area contributed by atoms with Crippen LogP contribution in [0.25, 0.3) is 0 Å². The average Bonchev–Trinajstić information content (AvgIpc) is 2.28. The van der Waals surface area contributed by atoms with Crippen LogP contribution in [0.4, 0.5) is 0 Å². The van der Waals surface area contributed by atoms with Crippen molar-refractivity contribution in [2.24, 2.45) is 0 Å². The molecule has 2 unspecified atom stereocenters. The molecule has 0 fully saturated rings. The number of carbonyl (C=O) groups excluding carboxylic acids is 1. The Bertz CT molecular complexity index is 269. The third-order valence-electron chi connectivity index (χ3n) is 3.19. The lowest BCUT2D eigenvalue weighted by atomic mass is 9.93. The highest BCUT2D eigenvalue weighted by Gasteiger charge is 2.43. The molecular formula is C14H27O5. The molecule has 0 heterocycles. The smallest absolute Gasteiger partial charge is 0.342 e. The van der Waals surface area contributed by atoms with Gasteiger partial charge in [-0.2, -0.15) is 4.89 Å². The molecule has 0 aliphatic heterocycles. The third-order valence-corrected chi connectivity index (χ3v) is 3.19. The number of hydrogen-bond donors (Lipinski definition) is 1. The van der Waals surface area contributed by atoms with Gasteiger partial charge in [-0.3, -0.25) is 0 Å². The summed E-state index contributed by atoms with van der Waals surface area (Å²) in [4.78, 5) is 16.4. The Hall–Kier alpha value is -0.650. The molecule has 0 aliphatic rings. The van der Waals surface area contributed by atoms with E-state index >= 15 is 0 Å². The van der Waals surface area contributed by atoms with Gasteiger partial charge in [0.1, 0.15) is 5.60 Å². The molecule has 0 aromatic carbocycles. The molecule has 0 aromatic heterocycles. The zero-order chi connectivity index (χ0) is 15.1. The normalized spacial score (nSPS) is 16.8. The van der Waals surface area contributed by atoms with Gasteiger partial charge in [0.25, 0.3) is 0 Å². The first-order chi connectivity index (χ1) is 8.73. The van der Waals surface area contributed by atoms with Crippen LogP contribution in [0.15, 0.2) is 0 Å². The van der Waals surface area contributed by atoms with E-state index in [0.717, 1.165) is 12.8 Å². The summed E-state index contributed by atoms with van der Waals surface area (Å²) in [5, 5.41) is 20.4. The number of hydrogen-bond acceptors (Lipinski definition) is 4. The molecule has 0 saturated carbocycles. The van der Waals surface area contributed by atoms with Crippen LogP contribution < -0.4 is 0 Å². The minimum Gasteiger partial charge on any atom is -0.457 e. The molecule has 19 heavy (non-hydrogen) atoms. The lowest BCUT2D eigenvalue weighted by Crippen LogP contribution is -2.46. The van der Waals surface area contributed by atoms with Gasteiger partial charge in [0.05, 0.1) is 6.10 Å². The monoisotopic (exact) mass is 275 g/mol. The Morgan fingerprint density at radius 3 is 2.26 bits per heavy atom. The number of unbranched alkanes of at least 4 members (excludes halogenated alkanes) is 1. The molecule has 0 spiro atoms. The lowest BCUT2D eigenvalue weighted by molar-refractivity contribution is -0.370. The van der Waals surface area contributed by atoms with Gasteiger partial charge in [0, 0.05) is 6.42 Å². The van der Waals surface area contributed by atoms with E-state index in [-0.39, 0.29) is 6.42 Å². The molecule has 0 aromatic rings. The van der Waals surface area contributed by atoms with Gasteiger partial charge in [-0.1, -0.05) is 26.7 Å². The first-order valence-electron chi connectivity index (χ1n) is 6.95. The summed E-state index contributed by atoms with van der Waals surface area (Å²) in [6.45, 7) is 8.76.